The molecule has 52 valence electrons. The van der Waals surface area contributed by atoms with Crippen LogP contribution in [0.4, 0.5) is 0 Å². The molecule has 1 rings (SSSR count). The van der Waals surface area contributed by atoms with E-state index in [1.54, 1.807) is 0 Å². The van der Waals surface area contributed by atoms with Crippen molar-refractivity contribution in [2.75, 3.05) is 0 Å². The van der Waals surface area contributed by atoms with Crippen LogP contribution in [0.25, 0.3) is 0 Å². The molecule has 0 fully saturated rings. The van der Waals surface area contributed by atoms with Crippen LogP contribution in [-0.2, 0) is 0 Å². The van der Waals surface area contributed by atoms with Crippen LogP contribution < -0.4 is 11.3 Å². The summed E-state index contributed by atoms with van der Waals surface area (Å²) >= 11 is 0. The molecule has 0 saturated heterocycles. The molecule has 0 amide bonds. The summed E-state index contributed by atoms with van der Waals surface area (Å²) in [5, 5.41) is 0. The normalized spacial score (nSPS) is 10.7. The highest BCUT2D eigenvalue weighted by Gasteiger charge is 2.05. The molecular weight excluding hydrogens is 122 g/mol. The minimum Gasteiger partial charge on any atom is -0.363 e. The summed E-state index contributed by atoms with van der Waals surface area (Å²) in [5.41, 5.74) is 3.41. The van der Waals surface area contributed by atoms with Gasteiger partial charge in [-0.15, -0.1) is 0 Å². The van der Waals surface area contributed by atoms with E-state index in [1.807, 2.05) is 7.85 Å². The van der Waals surface area contributed by atoms with Crippen molar-refractivity contribution in [3.05, 3.63) is 5.69 Å². The SMILES string of the molecule is Bc1nc(C(C)C)c(B)[nH]1. The maximum absolute atomic E-state index is 4.35. The Morgan fingerprint density at radius 1 is 1.40 bits per heavy atom. The van der Waals surface area contributed by atoms with Crippen LogP contribution >= 0.6 is 0 Å². The lowest BCUT2D eigenvalue weighted by molar-refractivity contribution is 0.841. The van der Waals surface area contributed by atoms with Gasteiger partial charge in [-0.2, -0.15) is 0 Å². The van der Waals surface area contributed by atoms with Gasteiger partial charge in [0, 0.05) is 0 Å². The van der Waals surface area contributed by atoms with E-state index in [1.165, 1.54) is 11.3 Å². The topological polar surface area (TPSA) is 28.7 Å². The van der Waals surface area contributed by atoms with E-state index < -0.39 is 0 Å². The van der Waals surface area contributed by atoms with E-state index in [9.17, 15) is 0 Å². The third kappa shape index (κ3) is 1.25. The van der Waals surface area contributed by atoms with Gasteiger partial charge in [0.25, 0.3) is 0 Å². The number of rotatable bonds is 1. The first kappa shape index (κ1) is 7.45. The van der Waals surface area contributed by atoms with Gasteiger partial charge in [-0.1, -0.05) is 13.8 Å². The first-order valence-corrected chi connectivity index (χ1v) is 3.64. The number of hydrogen-bond donors (Lipinski definition) is 1. The molecule has 0 unspecified atom stereocenters. The van der Waals surface area contributed by atoms with Gasteiger partial charge in [0.15, 0.2) is 15.7 Å². The molecule has 0 aliphatic rings. The summed E-state index contributed by atoms with van der Waals surface area (Å²) in [6.45, 7) is 4.31. The number of aromatic nitrogens is 2. The summed E-state index contributed by atoms with van der Waals surface area (Å²) in [6.07, 6.45) is 0. The molecule has 1 N–H and O–H groups in total. The number of aromatic amines is 1. The number of hydrogen-bond acceptors (Lipinski definition) is 1. The Bertz CT molecular complexity index is 230. The fourth-order valence-electron chi connectivity index (χ4n) is 1.19. The van der Waals surface area contributed by atoms with Crippen molar-refractivity contribution in [2.24, 2.45) is 0 Å². The summed E-state index contributed by atoms with van der Waals surface area (Å²) in [4.78, 5) is 7.53. The lowest BCUT2D eigenvalue weighted by atomic mass is 9.96. The van der Waals surface area contributed by atoms with Gasteiger partial charge in [-0.25, -0.2) is 0 Å². The highest BCUT2D eigenvalue weighted by atomic mass is 14.9. The third-order valence-electron chi connectivity index (χ3n) is 1.59. The summed E-state index contributed by atoms with van der Waals surface area (Å²) in [6, 6.07) is 0. The smallest absolute Gasteiger partial charge is 0.186 e. The second kappa shape index (κ2) is 2.52. The van der Waals surface area contributed by atoms with Crippen molar-refractivity contribution in [1.29, 1.82) is 0 Å². The van der Waals surface area contributed by atoms with Crippen molar-refractivity contribution in [2.45, 2.75) is 19.8 Å². The Kier molecular flexibility index (Phi) is 1.88. The van der Waals surface area contributed by atoms with Crippen LogP contribution in [0.1, 0.15) is 25.5 Å². The quantitative estimate of drug-likeness (QED) is 0.444. The Balaban J connectivity index is 3.03. The Morgan fingerprint density at radius 3 is 2.20 bits per heavy atom. The van der Waals surface area contributed by atoms with E-state index >= 15 is 0 Å². The van der Waals surface area contributed by atoms with Crippen LogP contribution in [-0.4, -0.2) is 25.7 Å². The highest BCUT2D eigenvalue weighted by molar-refractivity contribution is 6.35. The molecule has 0 aromatic carbocycles. The fraction of sp³-hybridized carbons (Fsp3) is 0.500. The van der Waals surface area contributed by atoms with E-state index in [0.717, 1.165) is 5.72 Å². The largest absolute Gasteiger partial charge is 0.363 e. The summed E-state index contributed by atoms with van der Waals surface area (Å²) in [7, 11) is 4.05. The van der Waals surface area contributed by atoms with Gasteiger partial charge in [0.2, 0.25) is 0 Å². The van der Waals surface area contributed by atoms with Gasteiger partial charge in [-0.05, 0) is 11.5 Å². The molecule has 1 aromatic heterocycles. The van der Waals surface area contributed by atoms with E-state index in [2.05, 4.69) is 31.7 Å². The summed E-state index contributed by atoms with van der Waals surface area (Å²) < 4.78 is 0. The lowest BCUT2D eigenvalue weighted by Gasteiger charge is -1.99. The molecule has 0 bridgehead atoms. The molecule has 1 heterocycles. The average Bonchev–Trinajstić information content (AvgIpc) is 2.10. The number of H-pyrrole nitrogens is 1. The maximum atomic E-state index is 4.35. The molecule has 0 aliphatic carbocycles. The number of nitrogens with one attached hydrogen (secondary N) is 1. The van der Waals surface area contributed by atoms with Gasteiger partial charge in [-0.3, -0.25) is 4.98 Å². The number of imidazole rings is 1. The standard InChI is InChI=1S/C6H12B2N2/c1-3(2)4-5(7)10-6(8)9-4/h3H,7-8H2,1-2H3,(H,9,10). The molecule has 1 aromatic rings. The predicted octanol–water partition coefficient (Wildman–Crippen LogP) is -1.95. The Morgan fingerprint density at radius 2 is 2.00 bits per heavy atom. The van der Waals surface area contributed by atoms with Crippen molar-refractivity contribution in [1.82, 2.24) is 9.97 Å². The molecule has 10 heavy (non-hydrogen) atoms. The third-order valence-corrected chi connectivity index (χ3v) is 1.59. The minimum atomic E-state index is 0.532. The second-order valence-electron chi connectivity index (χ2n) is 2.99. The van der Waals surface area contributed by atoms with Gasteiger partial charge in [0.05, 0.1) is 11.4 Å². The van der Waals surface area contributed by atoms with Gasteiger partial charge in [0.1, 0.15) is 0 Å². The zero-order valence-corrected chi connectivity index (χ0v) is 7.02. The molecule has 4 heteroatoms. The van der Waals surface area contributed by atoms with Crippen LogP contribution in [0, 0.1) is 0 Å². The van der Waals surface area contributed by atoms with Crippen LogP contribution in [0.15, 0.2) is 0 Å². The monoisotopic (exact) mass is 134 g/mol. The van der Waals surface area contributed by atoms with Crippen molar-refractivity contribution in [3.8, 4) is 0 Å². The molecule has 0 saturated carbocycles. The zero-order valence-electron chi connectivity index (χ0n) is 7.02. The highest BCUT2D eigenvalue weighted by Crippen LogP contribution is 2.04. The van der Waals surface area contributed by atoms with Crippen molar-refractivity contribution >= 4 is 27.0 Å². The maximum Gasteiger partial charge on any atom is 0.186 e. The second-order valence-corrected chi connectivity index (χ2v) is 2.99. The fourth-order valence-corrected chi connectivity index (χ4v) is 1.19. The number of nitrogens with zero attached hydrogens (tertiary/aromatic N) is 1. The van der Waals surface area contributed by atoms with E-state index in [-0.39, 0.29) is 0 Å². The first-order chi connectivity index (χ1) is 4.61. The van der Waals surface area contributed by atoms with E-state index in [4.69, 9.17) is 0 Å². The van der Waals surface area contributed by atoms with Crippen LogP contribution in [0.5, 0.6) is 0 Å². The van der Waals surface area contributed by atoms with Gasteiger partial charge < -0.3 is 4.98 Å². The van der Waals surface area contributed by atoms with Crippen LogP contribution in [0.3, 0.4) is 0 Å². The molecule has 0 spiro atoms. The van der Waals surface area contributed by atoms with Crippen molar-refractivity contribution in [3.63, 3.8) is 0 Å². The minimum absolute atomic E-state index is 0.532. The predicted molar refractivity (Wildman–Crippen MR) is 49.0 cm³/mol. The van der Waals surface area contributed by atoms with Gasteiger partial charge >= 0.3 is 0 Å². The van der Waals surface area contributed by atoms with Crippen molar-refractivity contribution < 1.29 is 0 Å². The lowest BCUT2D eigenvalue weighted by Crippen LogP contribution is -2.13. The molecule has 2 nitrogen and oxygen atoms in total. The first-order valence-electron chi connectivity index (χ1n) is 3.64. The van der Waals surface area contributed by atoms with E-state index in [0.29, 0.717) is 5.92 Å². The Hall–Kier alpha value is -0.660. The average molecular weight is 134 g/mol. The Labute approximate surface area is 63.3 Å². The summed E-state index contributed by atoms with van der Waals surface area (Å²) in [5.74, 6) is 0.532. The van der Waals surface area contributed by atoms with Crippen LogP contribution in [0.2, 0.25) is 0 Å². The zero-order chi connectivity index (χ0) is 7.72. The molecule has 0 aliphatic heterocycles. The molecule has 0 atom stereocenters. The molecular formula is C6H12B2N2. The molecule has 0 radical (unpaired) electrons.